The number of halogens is 2. The van der Waals surface area contributed by atoms with Crippen molar-refractivity contribution in [3.8, 4) is 5.75 Å². The van der Waals surface area contributed by atoms with Gasteiger partial charge in [-0.1, -0.05) is 36.2 Å². The quantitative estimate of drug-likeness (QED) is 0.889. The SMILES string of the molecule is CC(CN)C1CCCOc2c1ccc(Cl)c2Cl. The highest BCUT2D eigenvalue weighted by molar-refractivity contribution is 6.43. The molecule has 1 aromatic rings. The average molecular weight is 274 g/mol. The van der Waals surface area contributed by atoms with E-state index in [-0.39, 0.29) is 0 Å². The zero-order valence-electron chi connectivity index (χ0n) is 9.88. The van der Waals surface area contributed by atoms with Crippen LogP contribution < -0.4 is 10.5 Å². The second kappa shape index (κ2) is 5.47. The molecule has 0 fully saturated rings. The van der Waals surface area contributed by atoms with E-state index in [1.54, 1.807) is 0 Å². The Morgan fingerprint density at radius 3 is 2.94 bits per heavy atom. The second-order valence-corrected chi connectivity index (χ2v) is 5.38. The van der Waals surface area contributed by atoms with Gasteiger partial charge in [0.15, 0.2) is 0 Å². The number of nitrogens with two attached hydrogens (primary N) is 1. The Labute approximate surface area is 112 Å². The van der Waals surface area contributed by atoms with Crippen molar-refractivity contribution in [3.05, 3.63) is 27.7 Å². The molecule has 0 radical (unpaired) electrons. The van der Waals surface area contributed by atoms with Crippen molar-refractivity contribution in [2.24, 2.45) is 11.7 Å². The van der Waals surface area contributed by atoms with Gasteiger partial charge in [0.1, 0.15) is 10.8 Å². The molecule has 1 aliphatic rings. The zero-order chi connectivity index (χ0) is 12.4. The van der Waals surface area contributed by atoms with Crippen LogP contribution in [0.4, 0.5) is 0 Å². The van der Waals surface area contributed by atoms with E-state index in [2.05, 4.69) is 6.92 Å². The fraction of sp³-hybridized carbons (Fsp3) is 0.538. The Hall–Kier alpha value is -0.440. The lowest BCUT2D eigenvalue weighted by Gasteiger charge is -2.23. The molecule has 0 aromatic heterocycles. The van der Waals surface area contributed by atoms with Gasteiger partial charge in [0.25, 0.3) is 0 Å². The summed E-state index contributed by atoms with van der Waals surface area (Å²) < 4.78 is 5.73. The van der Waals surface area contributed by atoms with Gasteiger partial charge in [-0.25, -0.2) is 0 Å². The molecule has 94 valence electrons. The fourth-order valence-electron chi connectivity index (χ4n) is 2.37. The van der Waals surface area contributed by atoms with E-state index in [9.17, 15) is 0 Å². The van der Waals surface area contributed by atoms with Gasteiger partial charge in [0.2, 0.25) is 0 Å². The normalized spacial score (nSPS) is 21.3. The number of benzene rings is 1. The van der Waals surface area contributed by atoms with Gasteiger partial charge in [0, 0.05) is 0 Å². The number of rotatable bonds is 2. The first-order valence-electron chi connectivity index (χ1n) is 5.96. The second-order valence-electron chi connectivity index (χ2n) is 4.59. The number of hydrogen-bond donors (Lipinski definition) is 1. The van der Waals surface area contributed by atoms with Crippen molar-refractivity contribution in [2.45, 2.75) is 25.7 Å². The maximum atomic E-state index is 6.21. The number of fused-ring (bicyclic) bond motifs is 1. The first kappa shape index (κ1) is 13.0. The summed E-state index contributed by atoms with van der Waals surface area (Å²) in [5.41, 5.74) is 6.93. The van der Waals surface area contributed by atoms with Crippen LogP contribution in [0, 0.1) is 5.92 Å². The molecule has 0 aliphatic carbocycles. The van der Waals surface area contributed by atoms with Crippen LogP contribution in [0.3, 0.4) is 0 Å². The Morgan fingerprint density at radius 2 is 2.24 bits per heavy atom. The van der Waals surface area contributed by atoms with Gasteiger partial charge in [0.05, 0.1) is 11.6 Å². The molecule has 4 heteroatoms. The third-order valence-corrected chi connectivity index (χ3v) is 4.23. The highest BCUT2D eigenvalue weighted by atomic mass is 35.5. The maximum Gasteiger partial charge on any atom is 0.142 e. The fourth-order valence-corrected chi connectivity index (χ4v) is 2.75. The molecule has 2 unspecified atom stereocenters. The molecule has 0 bridgehead atoms. The Morgan fingerprint density at radius 1 is 1.47 bits per heavy atom. The van der Waals surface area contributed by atoms with Crippen molar-refractivity contribution in [1.29, 1.82) is 0 Å². The Kier molecular flexibility index (Phi) is 4.18. The molecule has 0 saturated heterocycles. The van der Waals surface area contributed by atoms with Gasteiger partial charge in [-0.15, -0.1) is 0 Å². The van der Waals surface area contributed by atoms with E-state index < -0.39 is 0 Å². The first-order chi connectivity index (χ1) is 8.15. The third kappa shape index (κ3) is 2.54. The minimum Gasteiger partial charge on any atom is -0.492 e. The summed E-state index contributed by atoms with van der Waals surface area (Å²) in [6.07, 6.45) is 2.11. The molecular weight excluding hydrogens is 257 g/mol. The summed E-state index contributed by atoms with van der Waals surface area (Å²) in [6.45, 7) is 3.54. The largest absolute Gasteiger partial charge is 0.492 e. The molecule has 2 nitrogen and oxygen atoms in total. The van der Waals surface area contributed by atoms with Crippen molar-refractivity contribution < 1.29 is 4.74 Å². The minimum atomic E-state index is 0.410. The standard InChI is InChI=1S/C13H17Cl2NO/c1-8(7-16)9-3-2-6-17-13-10(9)4-5-11(14)12(13)15/h4-5,8-9H,2-3,6-7,16H2,1H3. The summed E-state index contributed by atoms with van der Waals surface area (Å²) in [5, 5.41) is 1.08. The molecule has 1 aromatic carbocycles. The van der Waals surface area contributed by atoms with Crippen LogP contribution in [0.25, 0.3) is 0 Å². The molecular formula is C13H17Cl2NO. The Bertz CT molecular complexity index is 409. The zero-order valence-corrected chi connectivity index (χ0v) is 11.4. The van der Waals surface area contributed by atoms with Crippen LogP contribution >= 0.6 is 23.2 Å². The predicted molar refractivity (Wildman–Crippen MR) is 72.2 cm³/mol. The van der Waals surface area contributed by atoms with Crippen LogP contribution in [0.1, 0.15) is 31.2 Å². The van der Waals surface area contributed by atoms with E-state index in [1.807, 2.05) is 12.1 Å². The first-order valence-corrected chi connectivity index (χ1v) is 6.71. The lowest BCUT2D eigenvalue weighted by Crippen LogP contribution is -2.19. The van der Waals surface area contributed by atoms with Gasteiger partial charge in [-0.05, 0) is 42.9 Å². The molecule has 2 rings (SSSR count). The van der Waals surface area contributed by atoms with Crippen molar-refractivity contribution in [1.82, 2.24) is 0 Å². The topological polar surface area (TPSA) is 35.2 Å². The Balaban J connectivity index is 2.46. The number of ether oxygens (including phenoxy) is 1. The van der Waals surface area contributed by atoms with Gasteiger partial charge in [-0.3, -0.25) is 0 Å². The smallest absolute Gasteiger partial charge is 0.142 e. The van der Waals surface area contributed by atoms with Crippen LogP contribution in [-0.2, 0) is 0 Å². The van der Waals surface area contributed by atoms with Gasteiger partial charge >= 0.3 is 0 Å². The maximum absolute atomic E-state index is 6.21. The van der Waals surface area contributed by atoms with Crippen LogP contribution in [0.5, 0.6) is 5.75 Å². The molecule has 0 spiro atoms. The lowest BCUT2D eigenvalue weighted by atomic mass is 9.84. The van der Waals surface area contributed by atoms with E-state index >= 15 is 0 Å². The molecule has 2 atom stereocenters. The van der Waals surface area contributed by atoms with Crippen molar-refractivity contribution >= 4 is 23.2 Å². The highest BCUT2D eigenvalue weighted by Crippen LogP contribution is 2.43. The van der Waals surface area contributed by atoms with Gasteiger partial charge in [-0.2, -0.15) is 0 Å². The van der Waals surface area contributed by atoms with Crippen LogP contribution in [-0.4, -0.2) is 13.2 Å². The molecule has 17 heavy (non-hydrogen) atoms. The summed E-state index contributed by atoms with van der Waals surface area (Å²) in [7, 11) is 0. The summed E-state index contributed by atoms with van der Waals surface area (Å²) in [4.78, 5) is 0. The monoisotopic (exact) mass is 273 g/mol. The third-order valence-electron chi connectivity index (χ3n) is 3.44. The van der Waals surface area contributed by atoms with E-state index in [4.69, 9.17) is 33.7 Å². The molecule has 1 heterocycles. The number of hydrogen-bond acceptors (Lipinski definition) is 2. The van der Waals surface area contributed by atoms with Crippen LogP contribution in [0.2, 0.25) is 10.0 Å². The predicted octanol–water partition coefficient (Wildman–Crippen LogP) is 3.84. The van der Waals surface area contributed by atoms with E-state index in [1.165, 1.54) is 0 Å². The van der Waals surface area contributed by atoms with Crippen LogP contribution in [0.15, 0.2) is 12.1 Å². The van der Waals surface area contributed by atoms with Crippen molar-refractivity contribution in [2.75, 3.05) is 13.2 Å². The molecule has 0 amide bonds. The summed E-state index contributed by atoms with van der Waals surface area (Å²) in [6, 6.07) is 3.86. The average Bonchev–Trinajstić information content (AvgIpc) is 2.55. The van der Waals surface area contributed by atoms with E-state index in [0.29, 0.717) is 35.0 Å². The molecule has 2 N–H and O–H groups in total. The van der Waals surface area contributed by atoms with E-state index in [0.717, 1.165) is 24.2 Å². The lowest BCUT2D eigenvalue weighted by molar-refractivity contribution is 0.314. The van der Waals surface area contributed by atoms with Gasteiger partial charge < -0.3 is 10.5 Å². The highest BCUT2D eigenvalue weighted by Gasteiger charge is 2.26. The molecule has 1 aliphatic heterocycles. The summed E-state index contributed by atoms with van der Waals surface area (Å²) in [5.74, 6) is 1.59. The minimum absolute atomic E-state index is 0.410. The summed E-state index contributed by atoms with van der Waals surface area (Å²) >= 11 is 12.2. The molecule has 0 saturated carbocycles. The van der Waals surface area contributed by atoms with Crippen molar-refractivity contribution in [3.63, 3.8) is 0 Å².